The molecule has 2 aromatic carbocycles. The zero-order valence-electron chi connectivity index (χ0n) is 10.0. The van der Waals surface area contributed by atoms with Crippen molar-refractivity contribution in [3.8, 4) is 11.1 Å². The van der Waals surface area contributed by atoms with Crippen molar-refractivity contribution in [3.05, 3.63) is 52.3 Å². The van der Waals surface area contributed by atoms with Crippen LogP contribution in [-0.2, 0) is 0 Å². The molecular weight excluding hydrogens is 272 g/mol. The van der Waals surface area contributed by atoms with E-state index >= 15 is 0 Å². The number of halogens is 3. The summed E-state index contributed by atoms with van der Waals surface area (Å²) in [5.74, 6) is -0.284. The summed E-state index contributed by atoms with van der Waals surface area (Å²) < 4.78 is 13.9. The molecule has 0 saturated heterocycles. The van der Waals surface area contributed by atoms with E-state index in [-0.39, 0.29) is 5.82 Å². The molecular formula is C14H12Cl2FN. The van der Waals surface area contributed by atoms with Crippen LogP contribution in [0.4, 0.5) is 10.1 Å². The average molecular weight is 284 g/mol. The Morgan fingerprint density at radius 1 is 0.944 bits per heavy atom. The van der Waals surface area contributed by atoms with E-state index in [0.29, 0.717) is 15.7 Å². The topological polar surface area (TPSA) is 3.24 Å². The monoisotopic (exact) mass is 283 g/mol. The molecule has 0 atom stereocenters. The van der Waals surface area contributed by atoms with Crippen molar-refractivity contribution < 1.29 is 4.39 Å². The molecule has 94 valence electrons. The lowest BCUT2D eigenvalue weighted by Gasteiger charge is -2.19. The molecule has 0 spiro atoms. The molecule has 18 heavy (non-hydrogen) atoms. The summed E-state index contributed by atoms with van der Waals surface area (Å²) in [7, 11) is 3.58. The Bertz CT molecular complexity index is 582. The Morgan fingerprint density at radius 2 is 1.56 bits per heavy atom. The van der Waals surface area contributed by atoms with Gasteiger partial charge in [-0.25, -0.2) is 4.39 Å². The van der Waals surface area contributed by atoms with Gasteiger partial charge in [0.05, 0.1) is 15.7 Å². The number of hydrogen-bond acceptors (Lipinski definition) is 1. The molecule has 0 amide bonds. The van der Waals surface area contributed by atoms with Crippen LogP contribution >= 0.6 is 23.2 Å². The van der Waals surface area contributed by atoms with Crippen LogP contribution in [0.1, 0.15) is 0 Å². The van der Waals surface area contributed by atoms with Crippen LogP contribution < -0.4 is 4.90 Å². The number of anilines is 1. The second-order valence-corrected chi connectivity index (χ2v) is 4.92. The van der Waals surface area contributed by atoms with Crippen LogP contribution in [0.3, 0.4) is 0 Å². The van der Waals surface area contributed by atoms with Crippen molar-refractivity contribution in [2.75, 3.05) is 19.0 Å². The first-order chi connectivity index (χ1) is 8.52. The van der Waals surface area contributed by atoms with E-state index in [1.165, 1.54) is 6.07 Å². The van der Waals surface area contributed by atoms with Gasteiger partial charge in [-0.15, -0.1) is 0 Å². The summed E-state index contributed by atoms with van der Waals surface area (Å²) in [6, 6.07) is 10.3. The Kier molecular flexibility index (Phi) is 3.79. The first kappa shape index (κ1) is 13.2. The summed E-state index contributed by atoms with van der Waals surface area (Å²) in [5.41, 5.74) is 1.96. The van der Waals surface area contributed by atoms with Gasteiger partial charge in [0.15, 0.2) is 0 Å². The van der Waals surface area contributed by atoms with Gasteiger partial charge in [0.25, 0.3) is 0 Å². The number of hydrogen-bond donors (Lipinski definition) is 0. The number of rotatable bonds is 2. The van der Waals surface area contributed by atoms with Crippen LogP contribution in [0, 0.1) is 5.82 Å². The van der Waals surface area contributed by atoms with E-state index in [4.69, 9.17) is 23.2 Å². The molecule has 4 heteroatoms. The summed E-state index contributed by atoms with van der Waals surface area (Å²) in [6.07, 6.45) is 0. The third-order valence-corrected chi connectivity index (χ3v) is 3.49. The number of benzene rings is 2. The second kappa shape index (κ2) is 5.17. The zero-order chi connectivity index (χ0) is 13.3. The molecule has 0 fully saturated rings. The lowest BCUT2D eigenvalue weighted by atomic mass is 10.0. The summed E-state index contributed by atoms with van der Waals surface area (Å²) in [5, 5.41) is 0.899. The zero-order valence-corrected chi connectivity index (χ0v) is 11.6. The fourth-order valence-electron chi connectivity index (χ4n) is 1.90. The SMILES string of the molecule is CN(C)c1c(F)cccc1-c1cccc(Cl)c1Cl. The highest BCUT2D eigenvalue weighted by Crippen LogP contribution is 2.38. The first-order valence-corrected chi connectivity index (χ1v) is 6.18. The molecule has 0 aliphatic carbocycles. The van der Waals surface area contributed by atoms with Crippen LogP contribution in [0.2, 0.25) is 10.0 Å². The maximum Gasteiger partial charge on any atom is 0.147 e. The van der Waals surface area contributed by atoms with Crippen molar-refractivity contribution in [3.63, 3.8) is 0 Å². The minimum atomic E-state index is -0.284. The summed E-state index contributed by atoms with van der Waals surface area (Å²) in [6.45, 7) is 0. The highest BCUT2D eigenvalue weighted by atomic mass is 35.5. The molecule has 0 saturated carbocycles. The standard InChI is InChI=1S/C14H12Cl2FN/c1-18(2)14-10(6-4-8-12(14)17)9-5-3-7-11(15)13(9)16/h3-8H,1-2H3. The van der Waals surface area contributed by atoms with Gasteiger partial charge in [-0.3, -0.25) is 0 Å². The Labute approximate surface area is 116 Å². The van der Waals surface area contributed by atoms with Crippen molar-refractivity contribution in [1.82, 2.24) is 0 Å². The number of nitrogens with zero attached hydrogens (tertiary/aromatic N) is 1. The largest absolute Gasteiger partial charge is 0.375 e. The molecule has 0 aromatic heterocycles. The Balaban J connectivity index is 2.72. The molecule has 0 aliphatic rings. The van der Waals surface area contributed by atoms with E-state index in [1.807, 2.05) is 12.1 Å². The van der Waals surface area contributed by atoms with Crippen LogP contribution in [0.5, 0.6) is 0 Å². The van der Waals surface area contributed by atoms with E-state index in [0.717, 1.165) is 11.1 Å². The average Bonchev–Trinajstić information content (AvgIpc) is 2.32. The third-order valence-electron chi connectivity index (χ3n) is 2.68. The van der Waals surface area contributed by atoms with E-state index in [1.54, 1.807) is 37.2 Å². The predicted octanol–water partition coefficient (Wildman–Crippen LogP) is 4.87. The molecule has 0 aliphatic heterocycles. The fraction of sp³-hybridized carbons (Fsp3) is 0.143. The lowest BCUT2D eigenvalue weighted by molar-refractivity contribution is 0.626. The van der Waals surface area contributed by atoms with Gasteiger partial charge < -0.3 is 4.90 Å². The van der Waals surface area contributed by atoms with E-state index < -0.39 is 0 Å². The maximum atomic E-state index is 13.9. The van der Waals surface area contributed by atoms with Crippen molar-refractivity contribution in [2.45, 2.75) is 0 Å². The maximum absolute atomic E-state index is 13.9. The van der Waals surface area contributed by atoms with Crippen molar-refractivity contribution >= 4 is 28.9 Å². The number of para-hydroxylation sites is 1. The molecule has 2 aromatic rings. The summed E-state index contributed by atoms with van der Waals surface area (Å²) >= 11 is 12.2. The smallest absolute Gasteiger partial charge is 0.147 e. The minimum absolute atomic E-state index is 0.284. The third kappa shape index (κ3) is 2.31. The van der Waals surface area contributed by atoms with Crippen LogP contribution in [-0.4, -0.2) is 14.1 Å². The quantitative estimate of drug-likeness (QED) is 0.760. The van der Waals surface area contributed by atoms with Gasteiger partial charge in [0.2, 0.25) is 0 Å². The highest BCUT2D eigenvalue weighted by molar-refractivity contribution is 6.43. The predicted molar refractivity (Wildman–Crippen MR) is 76.2 cm³/mol. The van der Waals surface area contributed by atoms with Crippen LogP contribution in [0.25, 0.3) is 11.1 Å². The fourth-order valence-corrected chi connectivity index (χ4v) is 2.30. The van der Waals surface area contributed by atoms with Gasteiger partial charge in [0, 0.05) is 25.2 Å². The molecule has 1 nitrogen and oxygen atoms in total. The molecule has 0 bridgehead atoms. The Morgan fingerprint density at radius 3 is 2.22 bits per heavy atom. The molecule has 0 radical (unpaired) electrons. The van der Waals surface area contributed by atoms with Gasteiger partial charge in [0.1, 0.15) is 5.82 Å². The van der Waals surface area contributed by atoms with Gasteiger partial charge in [-0.05, 0) is 12.1 Å². The molecule has 0 heterocycles. The second-order valence-electron chi connectivity index (χ2n) is 4.13. The van der Waals surface area contributed by atoms with Crippen molar-refractivity contribution in [1.29, 1.82) is 0 Å². The normalized spacial score (nSPS) is 10.5. The lowest BCUT2D eigenvalue weighted by Crippen LogP contribution is -2.12. The van der Waals surface area contributed by atoms with E-state index in [9.17, 15) is 4.39 Å². The molecule has 0 N–H and O–H groups in total. The highest BCUT2D eigenvalue weighted by Gasteiger charge is 2.15. The molecule has 0 unspecified atom stereocenters. The molecule has 2 rings (SSSR count). The van der Waals surface area contributed by atoms with Gasteiger partial charge >= 0.3 is 0 Å². The van der Waals surface area contributed by atoms with Gasteiger partial charge in [-0.2, -0.15) is 0 Å². The Hall–Kier alpha value is -1.25. The van der Waals surface area contributed by atoms with E-state index in [2.05, 4.69) is 0 Å². The minimum Gasteiger partial charge on any atom is -0.375 e. The summed E-state index contributed by atoms with van der Waals surface area (Å²) in [4.78, 5) is 1.72. The van der Waals surface area contributed by atoms with Crippen molar-refractivity contribution in [2.24, 2.45) is 0 Å². The van der Waals surface area contributed by atoms with Gasteiger partial charge in [-0.1, -0.05) is 47.5 Å². The first-order valence-electron chi connectivity index (χ1n) is 5.42. The van der Waals surface area contributed by atoms with Crippen LogP contribution in [0.15, 0.2) is 36.4 Å².